The molecule has 7 nitrogen and oxygen atoms in total. The van der Waals surface area contributed by atoms with Gasteiger partial charge < -0.3 is 10.1 Å². The Morgan fingerprint density at radius 2 is 2.04 bits per heavy atom. The molecular weight excluding hydrogens is 320 g/mol. The zero-order valence-electron chi connectivity index (χ0n) is 13.1. The van der Waals surface area contributed by atoms with Crippen molar-refractivity contribution in [1.29, 1.82) is 0 Å². The minimum Gasteiger partial charge on any atom is -0.465 e. The van der Waals surface area contributed by atoms with Crippen LogP contribution in [0.3, 0.4) is 0 Å². The second-order valence-electron chi connectivity index (χ2n) is 5.48. The van der Waals surface area contributed by atoms with Crippen LogP contribution in [0.25, 0.3) is 0 Å². The van der Waals surface area contributed by atoms with Gasteiger partial charge in [0.2, 0.25) is 15.9 Å². The molecule has 1 fully saturated rings. The van der Waals surface area contributed by atoms with Crippen LogP contribution in [0, 0.1) is 0 Å². The molecule has 0 atom stereocenters. The van der Waals surface area contributed by atoms with Crippen LogP contribution in [0.2, 0.25) is 0 Å². The molecule has 1 aromatic rings. The van der Waals surface area contributed by atoms with E-state index in [1.165, 1.54) is 17.5 Å². The van der Waals surface area contributed by atoms with E-state index in [4.69, 9.17) is 0 Å². The predicted octanol–water partition coefficient (Wildman–Crippen LogP) is 1.23. The van der Waals surface area contributed by atoms with E-state index >= 15 is 0 Å². The van der Waals surface area contributed by atoms with E-state index in [1.54, 1.807) is 18.2 Å². The van der Waals surface area contributed by atoms with Crippen molar-refractivity contribution in [3.63, 3.8) is 0 Å². The number of methoxy groups -OCH3 is 1. The Bertz CT molecular complexity index is 698. The Morgan fingerprint density at radius 3 is 2.61 bits per heavy atom. The molecule has 0 radical (unpaired) electrons. The molecule has 2 rings (SSSR count). The zero-order valence-corrected chi connectivity index (χ0v) is 13.9. The molecule has 1 aliphatic carbocycles. The van der Waals surface area contributed by atoms with E-state index in [0.717, 1.165) is 19.1 Å². The molecule has 1 amide bonds. The van der Waals surface area contributed by atoms with Gasteiger partial charge in [-0.2, -0.15) is 4.31 Å². The molecule has 0 bridgehead atoms. The molecule has 1 aromatic carbocycles. The van der Waals surface area contributed by atoms with E-state index in [1.807, 2.05) is 0 Å². The summed E-state index contributed by atoms with van der Waals surface area (Å²) in [6, 6.07) is 6.41. The van der Waals surface area contributed by atoms with Crippen LogP contribution < -0.4 is 5.32 Å². The number of sulfonamides is 1. The largest absolute Gasteiger partial charge is 0.465 e. The lowest BCUT2D eigenvalue weighted by Crippen LogP contribution is -2.34. The molecule has 1 N–H and O–H groups in total. The van der Waals surface area contributed by atoms with Crippen molar-refractivity contribution in [2.75, 3.05) is 25.2 Å². The fraction of sp³-hybridized carbons (Fsp3) is 0.467. The number of nitrogens with zero attached hydrogens (tertiary/aromatic N) is 1. The number of amides is 1. The first-order valence-electron chi connectivity index (χ1n) is 7.26. The van der Waals surface area contributed by atoms with Gasteiger partial charge in [-0.05, 0) is 31.0 Å². The van der Waals surface area contributed by atoms with Gasteiger partial charge in [0.1, 0.15) is 0 Å². The summed E-state index contributed by atoms with van der Waals surface area (Å²) in [7, 11) is -2.02. The topological polar surface area (TPSA) is 92.8 Å². The second-order valence-corrected chi connectivity index (χ2v) is 7.41. The van der Waals surface area contributed by atoms with E-state index < -0.39 is 16.0 Å². The quantitative estimate of drug-likeness (QED) is 0.754. The number of carbonyl (C=O) groups excluding carboxylic acids is 2. The molecule has 0 aliphatic heterocycles. The molecule has 0 spiro atoms. The normalized spacial score (nSPS) is 14.6. The first kappa shape index (κ1) is 17.4. The van der Waals surface area contributed by atoms with Crippen molar-refractivity contribution in [2.24, 2.45) is 0 Å². The molecule has 0 unspecified atom stereocenters. The lowest BCUT2D eigenvalue weighted by atomic mass is 10.2. The first-order valence-corrected chi connectivity index (χ1v) is 9.11. The number of hydrogen-bond donors (Lipinski definition) is 1. The SMILES string of the molecule is COC(=O)c1cccc(NC(=O)CCN(C2CC2)S(C)(=O)=O)c1. The summed E-state index contributed by atoms with van der Waals surface area (Å²) in [5.74, 6) is -0.792. The monoisotopic (exact) mass is 340 g/mol. The van der Waals surface area contributed by atoms with Gasteiger partial charge in [0, 0.05) is 24.7 Å². The van der Waals surface area contributed by atoms with Gasteiger partial charge >= 0.3 is 5.97 Å². The Kier molecular flexibility index (Phi) is 5.38. The van der Waals surface area contributed by atoms with Crippen molar-refractivity contribution in [3.05, 3.63) is 29.8 Å². The molecule has 8 heteroatoms. The van der Waals surface area contributed by atoms with Gasteiger partial charge in [-0.25, -0.2) is 13.2 Å². The van der Waals surface area contributed by atoms with Crippen LogP contribution >= 0.6 is 0 Å². The molecule has 0 saturated heterocycles. The fourth-order valence-electron chi connectivity index (χ4n) is 2.26. The van der Waals surface area contributed by atoms with Gasteiger partial charge in [-0.15, -0.1) is 0 Å². The Labute approximate surface area is 135 Å². The summed E-state index contributed by atoms with van der Waals surface area (Å²) in [5.41, 5.74) is 0.802. The number of benzene rings is 1. The number of esters is 1. The highest BCUT2D eigenvalue weighted by atomic mass is 32.2. The van der Waals surface area contributed by atoms with Crippen LogP contribution in [-0.2, 0) is 19.6 Å². The summed E-state index contributed by atoms with van der Waals surface area (Å²) < 4.78 is 29.4. The maximum Gasteiger partial charge on any atom is 0.337 e. The summed E-state index contributed by atoms with van der Waals surface area (Å²) in [4.78, 5) is 23.4. The number of carbonyl (C=O) groups is 2. The average Bonchev–Trinajstić information content (AvgIpc) is 3.30. The van der Waals surface area contributed by atoms with Gasteiger partial charge in [-0.3, -0.25) is 4.79 Å². The van der Waals surface area contributed by atoms with Crippen LogP contribution in [-0.4, -0.2) is 50.6 Å². The minimum atomic E-state index is -3.30. The average molecular weight is 340 g/mol. The van der Waals surface area contributed by atoms with E-state index in [2.05, 4.69) is 10.1 Å². The zero-order chi connectivity index (χ0) is 17.0. The Hall–Kier alpha value is -1.93. The van der Waals surface area contributed by atoms with Crippen LogP contribution in [0.5, 0.6) is 0 Å². The number of nitrogens with one attached hydrogen (secondary N) is 1. The molecule has 1 saturated carbocycles. The highest BCUT2D eigenvalue weighted by molar-refractivity contribution is 7.88. The van der Waals surface area contributed by atoms with E-state index in [-0.39, 0.29) is 24.9 Å². The Balaban J connectivity index is 1.93. The third-order valence-electron chi connectivity index (χ3n) is 3.51. The highest BCUT2D eigenvalue weighted by Crippen LogP contribution is 2.28. The van der Waals surface area contributed by atoms with E-state index in [9.17, 15) is 18.0 Å². The number of anilines is 1. The Morgan fingerprint density at radius 1 is 1.35 bits per heavy atom. The summed E-state index contributed by atoms with van der Waals surface area (Å²) >= 11 is 0. The molecule has 0 aromatic heterocycles. The minimum absolute atomic E-state index is 0.0282. The first-order chi connectivity index (χ1) is 10.8. The van der Waals surface area contributed by atoms with Crippen molar-refractivity contribution in [3.8, 4) is 0 Å². The maximum absolute atomic E-state index is 12.0. The van der Waals surface area contributed by atoms with Crippen LogP contribution in [0.1, 0.15) is 29.6 Å². The number of ether oxygens (including phenoxy) is 1. The molecule has 1 aliphatic rings. The maximum atomic E-state index is 12.0. The van der Waals surface area contributed by atoms with Crippen molar-refractivity contribution in [2.45, 2.75) is 25.3 Å². The standard InChI is InChI=1S/C15H20N2O5S/c1-22-15(19)11-4-3-5-12(10-11)16-14(18)8-9-17(13-6-7-13)23(2,20)21/h3-5,10,13H,6-9H2,1-2H3,(H,16,18). The molecule has 126 valence electrons. The van der Waals surface area contributed by atoms with Crippen LogP contribution in [0.4, 0.5) is 5.69 Å². The van der Waals surface area contributed by atoms with Crippen molar-refractivity contribution < 1.29 is 22.7 Å². The van der Waals surface area contributed by atoms with Gasteiger partial charge in [-0.1, -0.05) is 6.07 Å². The number of rotatable bonds is 7. The lowest BCUT2D eigenvalue weighted by molar-refractivity contribution is -0.116. The molecule has 23 heavy (non-hydrogen) atoms. The summed E-state index contributed by atoms with van der Waals surface area (Å²) in [6.45, 7) is 0.159. The van der Waals surface area contributed by atoms with E-state index in [0.29, 0.717) is 11.3 Å². The summed E-state index contributed by atoms with van der Waals surface area (Å²) in [6.07, 6.45) is 2.90. The third-order valence-corrected chi connectivity index (χ3v) is 4.84. The van der Waals surface area contributed by atoms with Crippen molar-refractivity contribution >= 4 is 27.6 Å². The molecule has 0 heterocycles. The van der Waals surface area contributed by atoms with Gasteiger partial charge in [0.25, 0.3) is 0 Å². The third kappa shape index (κ3) is 5.04. The van der Waals surface area contributed by atoms with Gasteiger partial charge in [0.15, 0.2) is 0 Å². The molecular formula is C15H20N2O5S. The predicted molar refractivity (Wildman–Crippen MR) is 85.6 cm³/mol. The highest BCUT2D eigenvalue weighted by Gasteiger charge is 2.34. The number of hydrogen-bond acceptors (Lipinski definition) is 5. The second kappa shape index (κ2) is 7.10. The van der Waals surface area contributed by atoms with Gasteiger partial charge in [0.05, 0.1) is 18.9 Å². The van der Waals surface area contributed by atoms with Crippen molar-refractivity contribution in [1.82, 2.24) is 4.31 Å². The lowest BCUT2D eigenvalue weighted by Gasteiger charge is -2.18. The smallest absolute Gasteiger partial charge is 0.337 e. The van der Waals surface area contributed by atoms with Crippen LogP contribution in [0.15, 0.2) is 24.3 Å². The summed E-state index contributed by atoms with van der Waals surface area (Å²) in [5, 5.41) is 2.66. The fourth-order valence-corrected chi connectivity index (χ4v) is 3.43.